The number of imide groups is 1. The van der Waals surface area contributed by atoms with Gasteiger partial charge >= 0.3 is 6.03 Å². The van der Waals surface area contributed by atoms with E-state index in [1.165, 1.54) is 11.8 Å². The summed E-state index contributed by atoms with van der Waals surface area (Å²) in [5, 5.41) is 16.0. The predicted octanol–water partition coefficient (Wildman–Crippen LogP) is 2.57. The summed E-state index contributed by atoms with van der Waals surface area (Å²) in [4.78, 5) is 25.0. The number of benzene rings is 1. The Labute approximate surface area is 130 Å². The van der Waals surface area contributed by atoms with Crippen LogP contribution in [0.1, 0.15) is 4.88 Å². The average Bonchev–Trinajstić information content (AvgIpc) is 2.98. The normalized spacial score (nSPS) is 10.1. The fraction of sp³-hybridized carbons (Fsp3) is 0.143. The van der Waals surface area contributed by atoms with Gasteiger partial charge in [-0.25, -0.2) is 4.79 Å². The van der Waals surface area contributed by atoms with Crippen molar-refractivity contribution in [1.82, 2.24) is 10.6 Å². The van der Waals surface area contributed by atoms with E-state index in [4.69, 9.17) is 5.11 Å². The Morgan fingerprint density at radius 1 is 1.19 bits per heavy atom. The summed E-state index contributed by atoms with van der Waals surface area (Å²) in [5.41, 5.74) is 0. The maximum atomic E-state index is 11.6. The fourth-order valence-electron chi connectivity index (χ4n) is 1.48. The lowest BCUT2D eigenvalue weighted by Crippen LogP contribution is -2.39. The van der Waals surface area contributed by atoms with E-state index in [2.05, 4.69) is 10.6 Å². The van der Waals surface area contributed by atoms with Crippen LogP contribution in [-0.4, -0.2) is 22.8 Å². The molecule has 0 atom stereocenters. The minimum Gasteiger partial charge on any atom is -0.508 e. The number of amides is 3. The minimum absolute atomic E-state index is 0.136. The number of carbonyl (C=O) groups is 2. The molecule has 2 rings (SSSR count). The lowest BCUT2D eigenvalue weighted by atomic mass is 10.3. The van der Waals surface area contributed by atoms with E-state index in [9.17, 15) is 9.59 Å². The van der Waals surface area contributed by atoms with Crippen LogP contribution in [-0.2, 0) is 11.3 Å². The molecule has 0 fully saturated rings. The second kappa shape index (κ2) is 7.70. The van der Waals surface area contributed by atoms with E-state index in [0.717, 1.165) is 9.77 Å². The highest BCUT2D eigenvalue weighted by atomic mass is 32.2. The van der Waals surface area contributed by atoms with E-state index in [1.807, 2.05) is 17.5 Å². The first-order valence-corrected chi connectivity index (χ1v) is 8.02. The summed E-state index contributed by atoms with van der Waals surface area (Å²) in [6, 6.07) is 9.84. The van der Waals surface area contributed by atoms with Gasteiger partial charge in [0.2, 0.25) is 5.91 Å². The minimum atomic E-state index is -0.500. The highest BCUT2D eigenvalue weighted by Crippen LogP contribution is 2.20. The number of nitrogens with one attached hydrogen (secondary N) is 2. The largest absolute Gasteiger partial charge is 0.508 e. The van der Waals surface area contributed by atoms with Gasteiger partial charge in [-0.2, -0.15) is 0 Å². The summed E-state index contributed by atoms with van der Waals surface area (Å²) in [6.45, 7) is 0.405. The Morgan fingerprint density at radius 2 is 1.95 bits per heavy atom. The molecule has 0 unspecified atom stereocenters. The Balaban J connectivity index is 1.68. The molecule has 3 amide bonds. The Hall–Kier alpha value is -1.99. The van der Waals surface area contributed by atoms with Crippen molar-refractivity contribution in [3.8, 4) is 5.75 Å². The van der Waals surface area contributed by atoms with Gasteiger partial charge in [0.1, 0.15) is 5.75 Å². The molecule has 0 saturated heterocycles. The number of hydrogen-bond donors (Lipinski definition) is 3. The zero-order valence-corrected chi connectivity index (χ0v) is 12.7. The number of phenols is 1. The van der Waals surface area contributed by atoms with Gasteiger partial charge in [0.25, 0.3) is 0 Å². The number of phenolic OH excluding ortho intramolecular Hbond substituents is 1. The lowest BCUT2D eigenvalue weighted by molar-refractivity contribution is -0.117. The first kappa shape index (κ1) is 15.4. The Kier molecular flexibility index (Phi) is 5.65. The Morgan fingerprint density at radius 3 is 2.62 bits per heavy atom. The van der Waals surface area contributed by atoms with Crippen LogP contribution in [0.5, 0.6) is 5.75 Å². The van der Waals surface area contributed by atoms with Crippen molar-refractivity contribution in [3.05, 3.63) is 46.7 Å². The zero-order chi connectivity index (χ0) is 15.1. The van der Waals surface area contributed by atoms with Gasteiger partial charge in [0.15, 0.2) is 0 Å². The molecule has 0 aliphatic carbocycles. The second-order valence-corrected chi connectivity index (χ2v) is 6.17. The second-order valence-electron chi connectivity index (χ2n) is 4.09. The quantitative estimate of drug-likeness (QED) is 0.739. The molecule has 1 aromatic carbocycles. The van der Waals surface area contributed by atoms with Crippen molar-refractivity contribution in [1.29, 1.82) is 0 Å². The van der Waals surface area contributed by atoms with E-state index in [0.29, 0.717) is 6.54 Å². The highest BCUT2D eigenvalue weighted by Gasteiger charge is 2.08. The van der Waals surface area contributed by atoms with Crippen molar-refractivity contribution in [2.24, 2.45) is 0 Å². The summed E-state index contributed by atoms with van der Waals surface area (Å²) in [7, 11) is 0. The summed E-state index contributed by atoms with van der Waals surface area (Å²) >= 11 is 2.83. The van der Waals surface area contributed by atoms with E-state index >= 15 is 0 Å². The molecule has 0 aliphatic rings. The van der Waals surface area contributed by atoms with Crippen molar-refractivity contribution in [2.45, 2.75) is 11.4 Å². The molecule has 5 nitrogen and oxygen atoms in total. The first-order chi connectivity index (χ1) is 10.1. The zero-order valence-electron chi connectivity index (χ0n) is 11.0. The van der Waals surface area contributed by atoms with Gasteiger partial charge < -0.3 is 10.4 Å². The molecular weight excluding hydrogens is 308 g/mol. The maximum Gasteiger partial charge on any atom is 0.321 e. The molecule has 0 radical (unpaired) electrons. The highest BCUT2D eigenvalue weighted by molar-refractivity contribution is 8.00. The standard InChI is InChI=1S/C14H14N2O3S2/c17-10-3-5-11(6-4-10)21-9-13(18)16-14(19)15-8-12-2-1-7-20-12/h1-7,17H,8-9H2,(H2,15,16,18,19). The summed E-state index contributed by atoms with van der Waals surface area (Å²) < 4.78 is 0. The van der Waals surface area contributed by atoms with Crippen molar-refractivity contribution in [2.75, 3.05) is 5.75 Å². The molecule has 0 saturated carbocycles. The van der Waals surface area contributed by atoms with Gasteiger partial charge in [-0.3, -0.25) is 10.1 Å². The van der Waals surface area contributed by atoms with E-state index < -0.39 is 6.03 Å². The van der Waals surface area contributed by atoms with Crippen LogP contribution in [0.2, 0.25) is 0 Å². The van der Waals surface area contributed by atoms with Crippen LogP contribution in [0.4, 0.5) is 4.79 Å². The molecule has 0 aliphatic heterocycles. The topological polar surface area (TPSA) is 78.4 Å². The third-order valence-electron chi connectivity index (χ3n) is 2.46. The maximum absolute atomic E-state index is 11.6. The number of carbonyl (C=O) groups excluding carboxylic acids is 2. The van der Waals surface area contributed by atoms with Crippen molar-refractivity contribution in [3.63, 3.8) is 0 Å². The van der Waals surface area contributed by atoms with Gasteiger partial charge in [0.05, 0.1) is 12.3 Å². The fourth-order valence-corrected chi connectivity index (χ4v) is 2.82. The van der Waals surface area contributed by atoms with Crippen LogP contribution < -0.4 is 10.6 Å². The molecule has 1 aromatic heterocycles. The molecule has 0 spiro atoms. The number of aromatic hydroxyl groups is 1. The lowest BCUT2D eigenvalue weighted by Gasteiger charge is -2.05. The third-order valence-corrected chi connectivity index (χ3v) is 4.35. The molecule has 1 heterocycles. The Bertz CT molecular complexity index is 597. The monoisotopic (exact) mass is 322 g/mol. The molecule has 110 valence electrons. The predicted molar refractivity (Wildman–Crippen MR) is 83.5 cm³/mol. The SMILES string of the molecule is O=C(CSc1ccc(O)cc1)NC(=O)NCc1cccs1. The molecule has 0 bridgehead atoms. The van der Waals surface area contributed by atoms with Gasteiger partial charge in [-0.05, 0) is 35.7 Å². The van der Waals surface area contributed by atoms with Crippen LogP contribution in [0.25, 0.3) is 0 Å². The molecule has 2 aromatic rings. The molecule has 7 heteroatoms. The van der Waals surface area contributed by atoms with Crippen LogP contribution >= 0.6 is 23.1 Å². The number of urea groups is 1. The number of rotatable bonds is 5. The molecule has 21 heavy (non-hydrogen) atoms. The van der Waals surface area contributed by atoms with Gasteiger partial charge in [-0.15, -0.1) is 23.1 Å². The van der Waals surface area contributed by atoms with Gasteiger partial charge in [0, 0.05) is 9.77 Å². The van der Waals surface area contributed by atoms with Crippen LogP contribution in [0.3, 0.4) is 0 Å². The van der Waals surface area contributed by atoms with Crippen molar-refractivity contribution >= 4 is 35.0 Å². The van der Waals surface area contributed by atoms with E-state index in [-0.39, 0.29) is 17.4 Å². The van der Waals surface area contributed by atoms with Crippen LogP contribution in [0, 0.1) is 0 Å². The molecule has 3 N–H and O–H groups in total. The number of hydrogen-bond acceptors (Lipinski definition) is 5. The number of thioether (sulfide) groups is 1. The average molecular weight is 322 g/mol. The first-order valence-electron chi connectivity index (χ1n) is 6.15. The van der Waals surface area contributed by atoms with Gasteiger partial charge in [-0.1, -0.05) is 6.07 Å². The van der Waals surface area contributed by atoms with Crippen LogP contribution in [0.15, 0.2) is 46.7 Å². The summed E-state index contributed by atoms with van der Waals surface area (Å²) in [5.74, 6) is -0.0505. The van der Waals surface area contributed by atoms with Crippen molar-refractivity contribution < 1.29 is 14.7 Å². The third kappa shape index (κ3) is 5.49. The molecular formula is C14H14N2O3S2. The summed E-state index contributed by atoms with van der Waals surface area (Å²) in [6.07, 6.45) is 0. The van der Waals surface area contributed by atoms with E-state index in [1.54, 1.807) is 35.6 Å². The smallest absolute Gasteiger partial charge is 0.321 e. The number of thiophene rings is 1.